The minimum absolute atomic E-state index is 0.851. The Kier molecular flexibility index (Phi) is 5.33. The van der Waals surface area contributed by atoms with Crippen molar-refractivity contribution in [3.05, 3.63) is 59.8 Å². The Labute approximate surface area is 161 Å². The van der Waals surface area contributed by atoms with Gasteiger partial charge in [-0.15, -0.1) is 0 Å². The molecule has 1 saturated carbocycles. The Hall–Kier alpha value is -2.49. The molecule has 0 saturated heterocycles. The molecule has 4 rings (SSSR count). The lowest BCUT2D eigenvalue weighted by Crippen LogP contribution is -2.00. The molecule has 4 nitrogen and oxygen atoms in total. The zero-order valence-electron chi connectivity index (χ0n) is 16.4. The van der Waals surface area contributed by atoms with Crippen LogP contribution in [0.4, 0.5) is 0 Å². The average molecular weight is 361 g/mol. The summed E-state index contributed by atoms with van der Waals surface area (Å²) in [6.45, 7) is 4.33. The Morgan fingerprint density at radius 1 is 1.11 bits per heavy atom. The molecule has 3 aromatic rings. The van der Waals surface area contributed by atoms with Crippen molar-refractivity contribution in [2.45, 2.75) is 58.8 Å². The lowest BCUT2D eigenvalue weighted by atomic mass is 9.97. The normalized spacial score (nSPS) is 14.7. The summed E-state index contributed by atoms with van der Waals surface area (Å²) < 4.78 is 1.92. The van der Waals surface area contributed by atoms with E-state index in [1.54, 1.807) is 0 Å². The summed E-state index contributed by atoms with van der Waals surface area (Å²) in [5, 5.41) is 4.56. The van der Waals surface area contributed by atoms with E-state index < -0.39 is 0 Å². The number of aromatic nitrogens is 4. The molecule has 1 aliphatic rings. The maximum Gasteiger partial charge on any atom is 0.0763 e. The van der Waals surface area contributed by atoms with Crippen molar-refractivity contribution in [1.29, 1.82) is 0 Å². The smallest absolute Gasteiger partial charge is 0.0763 e. The van der Waals surface area contributed by atoms with Crippen LogP contribution >= 0.6 is 0 Å². The van der Waals surface area contributed by atoms with Crippen molar-refractivity contribution < 1.29 is 0 Å². The van der Waals surface area contributed by atoms with Crippen LogP contribution in [0.2, 0.25) is 0 Å². The van der Waals surface area contributed by atoms with Gasteiger partial charge in [0.25, 0.3) is 0 Å². The molecular weight excluding hydrogens is 332 g/mol. The first-order valence-electron chi connectivity index (χ1n) is 10.2. The quantitative estimate of drug-likeness (QED) is 0.597. The Balaban J connectivity index is 1.55. The lowest BCUT2D eigenvalue weighted by molar-refractivity contribution is 0.545. The third kappa shape index (κ3) is 4.10. The van der Waals surface area contributed by atoms with Gasteiger partial charge in [-0.3, -0.25) is 9.97 Å². The van der Waals surface area contributed by atoms with E-state index in [-0.39, 0.29) is 0 Å². The first-order valence-corrected chi connectivity index (χ1v) is 10.2. The Morgan fingerprint density at radius 2 is 1.96 bits per heavy atom. The van der Waals surface area contributed by atoms with E-state index in [1.807, 2.05) is 23.1 Å². The first kappa shape index (κ1) is 17.9. The highest BCUT2D eigenvalue weighted by Crippen LogP contribution is 2.29. The van der Waals surface area contributed by atoms with Crippen molar-refractivity contribution in [3.8, 4) is 16.9 Å². The third-order valence-electron chi connectivity index (χ3n) is 5.56. The summed E-state index contributed by atoms with van der Waals surface area (Å²) in [6, 6.07) is 6.43. The van der Waals surface area contributed by atoms with Crippen molar-refractivity contribution in [2.24, 2.45) is 5.92 Å². The largest absolute Gasteiger partial charge is 0.261 e. The average Bonchev–Trinajstić information content (AvgIpc) is 3.34. The highest BCUT2D eigenvalue weighted by Gasteiger charge is 2.16. The van der Waals surface area contributed by atoms with Crippen LogP contribution in [0.5, 0.6) is 0 Å². The summed E-state index contributed by atoms with van der Waals surface area (Å²) in [5.74, 6) is 0.851. The van der Waals surface area contributed by atoms with Gasteiger partial charge in [0, 0.05) is 29.8 Å². The number of aryl methyl sites for hydroxylation is 2. The summed E-state index contributed by atoms with van der Waals surface area (Å²) in [4.78, 5) is 9.21. The molecule has 0 radical (unpaired) electrons. The van der Waals surface area contributed by atoms with Crippen LogP contribution in [0.3, 0.4) is 0 Å². The van der Waals surface area contributed by atoms with Crippen molar-refractivity contribution in [2.75, 3.05) is 0 Å². The van der Waals surface area contributed by atoms with Gasteiger partial charge >= 0.3 is 0 Å². The van der Waals surface area contributed by atoms with Crippen LogP contribution in [0.15, 0.2) is 43.0 Å². The van der Waals surface area contributed by atoms with E-state index in [4.69, 9.17) is 4.98 Å². The van der Waals surface area contributed by atoms with E-state index in [2.05, 4.69) is 48.5 Å². The number of pyridine rings is 2. The molecule has 0 unspecified atom stereocenters. The van der Waals surface area contributed by atoms with Crippen LogP contribution in [0.25, 0.3) is 16.9 Å². The zero-order chi connectivity index (χ0) is 18.6. The molecule has 27 heavy (non-hydrogen) atoms. The van der Waals surface area contributed by atoms with Crippen LogP contribution in [0.1, 0.15) is 55.8 Å². The highest BCUT2D eigenvalue weighted by atomic mass is 15.3. The second-order valence-corrected chi connectivity index (χ2v) is 7.79. The molecule has 0 bridgehead atoms. The molecule has 0 atom stereocenters. The second kappa shape index (κ2) is 8.03. The lowest BCUT2D eigenvalue weighted by Gasteiger charge is -2.10. The van der Waals surface area contributed by atoms with Crippen LogP contribution in [-0.4, -0.2) is 19.7 Å². The summed E-state index contributed by atoms with van der Waals surface area (Å²) in [6.07, 6.45) is 16.7. The molecule has 1 fully saturated rings. The maximum atomic E-state index is 4.78. The van der Waals surface area contributed by atoms with Crippen molar-refractivity contribution in [3.63, 3.8) is 0 Å². The Bertz CT molecular complexity index is 906. The molecular formula is C23H28N4. The van der Waals surface area contributed by atoms with Gasteiger partial charge in [0.2, 0.25) is 0 Å². The predicted octanol–water partition coefficient (Wildman–Crippen LogP) is 5.32. The van der Waals surface area contributed by atoms with Gasteiger partial charge in [-0.1, -0.05) is 45.1 Å². The van der Waals surface area contributed by atoms with Gasteiger partial charge in [0.15, 0.2) is 0 Å². The fraction of sp³-hybridized carbons (Fsp3) is 0.435. The number of hydrogen-bond acceptors (Lipinski definition) is 3. The van der Waals surface area contributed by atoms with Crippen LogP contribution in [0, 0.1) is 12.8 Å². The van der Waals surface area contributed by atoms with Gasteiger partial charge in [-0.2, -0.15) is 5.10 Å². The molecule has 0 amide bonds. The van der Waals surface area contributed by atoms with Gasteiger partial charge in [0.05, 0.1) is 17.6 Å². The van der Waals surface area contributed by atoms with Crippen LogP contribution < -0.4 is 0 Å². The van der Waals surface area contributed by atoms with E-state index in [0.717, 1.165) is 41.4 Å². The monoisotopic (exact) mass is 360 g/mol. The molecule has 3 aromatic heterocycles. The van der Waals surface area contributed by atoms with Gasteiger partial charge in [-0.05, 0) is 48.9 Å². The highest BCUT2D eigenvalue weighted by molar-refractivity contribution is 5.62. The van der Waals surface area contributed by atoms with Gasteiger partial charge in [0.1, 0.15) is 0 Å². The number of nitrogens with zero attached hydrogens (tertiary/aromatic N) is 4. The molecule has 0 spiro atoms. The first-order chi connectivity index (χ1) is 13.2. The Morgan fingerprint density at radius 3 is 2.74 bits per heavy atom. The van der Waals surface area contributed by atoms with E-state index in [9.17, 15) is 0 Å². The summed E-state index contributed by atoms with van der Waals surface area (Å²) in [5.41, 5.74) is 6.85. The maximum absolute atomic E-state index is 4.78. The molecule has 1 aliphatic carbocycles. The third-order valence-corrected chi connectivity index (χ3v) is 5.56. The SMILES string of the molecule is CCCc1cc(-n2cc(-c3ncc(CC4CCCC4)cc3C)cn2)ccn1. The molecule has 0 N–H and O–H groups in total. The molecule has 0 aliphatic heterocycles. The topological polar surface area (TPSA) is 43.6 Å². The molecule has 3 heterocycles. The number of hydrogen-bond donors (Lipinski definition) is 0. The molecule has 140 valence electrons. The van der Waals surface area contributed by atoms with Crippen molar-refractivity contribution in [1.82, 2.24) is 19.7 Å². The minimum atomic E-state index is 0.851. The van der Waals surface area contributed by atoms with Gasteiger partial charge < -0.3 is 0 Å². The van der Waals surface area contributed by atoms with Gasteiger partial charge in [-0.25, -0.2) is 4.68 Å². The summed E-state index contributed by atoms with van der Waals surface area (Å²) >= 11 is 0. The predicted molar refractivity (Wildman–Crippen MR) is 109 cm³/mol. The fourth-order valence-electron chi connectivity index (χ4n) is 4.18. The molecule has 0 aromatic carbocycles. The van der Waals surface area contributed by atoms with E-state index >= 15 is 0 Å². The number of rotatable bonds is 6. The van der Waals surface area contributed by atoms with E-state index in [1.165, 1.54) is 43.2 Å². The second-order valence-electron chi connectivity index (χ2n) is 7.79. The fourth-order valence-corrected chi connectivity index (χ4v) is 4.18. The molecule has 4 heteroatoms. The van der Waals surface area contributed by atoms with E-state index in [0.29, 0.717) is 0 Å². The standard InChI is InChI=1S/C23H28N4/c1-3-6-21-13-22(9-10-24-21)27-16-20(15-26-27)23-17(2)11-19(14-25-23)12-18-7-4-5-8-18/h9-11,13-16,18H,3-8,12H2,1-2H3. The van der Waals surface area contributed by atoms with Crippen LogP contribution in [-0.2, 0) is 12.8 Å². The zero-order valence-corrected chi connectivity index (χ0v) is 16.4. The minimum Gasteiger partial charge on any atom is -0.261 e. The summed E-state index contributed by atoms with van der Waals surface area (Å²) in [7, 11) is 0. The van der Waals surface area contributed by atoms with Crippen molar-refractivity contribution >= 4 is 0 Å².